The summed E-state index contributed by atoms with van der Waals surface area (Å²) in [5, 5.41) is 11.8. The molecule has 0 spiro atoms. The summed E-state index contributed by atoms with van der Waals surface area (Å²) < 4.78 is 36.5. The van der Waals surface area contributed by atoms with Crippen molar-refractivity contribution in [2.24, 2.45) is 5.92 Å². The Morgan fingerprint density at radius 1 is 1.30 bits per heavy atom. The zero-order valence-corrected chi connectivity index (χ0v) is 11.9. The fourth-order valence-electron chi connectivity index (χ4n) is 1.48. The van der Waals surface area contributed by atoms with E-state index in [4.69, 9.17) is 5.11 Å². The molecule has 0 heterocycles. The lowest BCUT2D eigenvalue weighted by Gasteiger charge is -2.19. The predicted octanol–water partition coefficient (Wildman–Crippen LogP) is 3.05. The minimum Gasteiger partial charge on any atom is -0.394 e. The number of thioether (sulfide) groups is 1. The van der Waals surface area contributed by atoms with Crippen LogP contribution in [0.1, 0.15) is 24.2 Å². The molecule has 0 aliphatic carbocycles. The van der Waals surface area contributed by atoms with Crippen molar-refractivity contribution in [1.29, 1.82) is 0 Å². The predicted molar refractivity (Wildman–Crippen MR) is 71.5 cm³/mol. The van der Waals surface area contributed by atoms with Crippen LogP contribution in [0.2, 0.25) is 0 Å². The van der Waals surface area contributed by atoms with Crippen LogP contribution >= 0.6 is 11.8 Å². The number of carbonyl (C=O) groups excluding carboxylic acids is 1. The molecule has 0 saturated carbocycles. The third kappa shape index (κ3) is 5.42. The molecule has 1 amide bonds. The normalized spacial score (nSPS) is 13.3. The summed E-state index contributed by atoms with van der Waals surface area (Å²) >= 11 is -0.227. The molecule has 1 aromatic rings. The molecule has 1 rings (SSSR count). The Bertz CT molecular complexity index is 446. The molecular weight excluding hydrogens is 291 g/mol. The molecule has 0 aliphatic heterocycles. The Balaban J connectivity index is 2.71. The number of amides is 1. The lowest BCUT2D eigenvalue weighted by atomic mass is 10.0. The fraction of sp³-hybridized carbons (Fsp3) is 0.462. The highest BCUT2D eigenvalue weighted by atomic mass is 32.2. The van der Waals surface area contributed by atoms with Crippen molar-refractivity contribution in [3.63, 3.8) is 0 Å². The molecule has 0 bridgehead atoms. The SMILES string of the molecule is CC(C)[C@@H](CO)NC(=O)c1ccc(SC(F)(F)F)cc1. The van der Waals surface area contributed by atoms with Crippen molar-refractivity contribution in [2.45, 2.75) is 30.3 Å². The first-order valence-corrected chi connectivity index (χ1v) is 6.82. The maximum Gasteiger partial charge on any atom is 0.446 e. The van der Waals surface area contributed by atoms with Crippen LogP contribution in [0.4, 0.5) is 13.2 Å². The Kier molecular flexibility index (Phi) is 5.88. The second-order valence-electron chi connectivity index (χ2n) is 4.58. The number of aliphatic hydroxyl groups excluding tert-OH is 1. The Morgan fingerprint density at radius 2 is 1.85 bits per heavy atom. The van der Waals surface area contributed by atoms with E-state index in [0.717, 1.165) is 0 Å². The lowest BCUT2D eigenvalue weighted by molar-refractivity contribution is -0.0328. The van der Waals surface area contributed by atoms with Crippen molar-refractivity contribution >= 4 is 17.7 Å². The van der Waals surface area contributed by atoms with E-state index in [1.165, 1.54) is 24.3 Å². The van der Waals surface area contributed by atoms with Crippen LogP contribution in [0.25, 0.3) is 0 Å². The van der Waals surface area contributed by atoms with E-state index in [-0.39, 0.29) is 40.8 Å². The summed E-state index contributed by atoms with van der Waals surface area (Å²) in [6.07, 6.45) is 0. The summed E-state index contributed by atoms with van der Waals surface area (Å²) in [5.74, 6) is -0.356. The van der Waals surface area contributed by atoms with Crippen molar-refractivity contribution < 1.29 is 23.1 Å². The number of halogens is 3. The first kappa shape index (κ1) is 16.8. The van der Waals surface area contributed by atoms with Crippen molar-refractivity contribution in [3.8, 4) is 0 Å². The molecule has 0 radical (unpaired) electrons. The summed E-state index contributed by atoms with van der Waals surface area (Å²) in [4.78, 5) is 11.9. The number of benzene rings is 1. The molecule has 0 fully saturated rings. The van der Waals surface area contributed by atoms with Crippen LogP contribution in [0.3, 0.4) is 0 Å². The molecule has 112 valence electrons. The molecule has 0 aliphatic rings. The second-order valence-corrected chi connectivity index (χ2v) is 5.72. The van der Waals surface area contributed by atoms with Gasteiger partial charge >= 0.3 is 5.51 Å². The van der Waals surface area contributed by atoms with Gasteiger partial charge in [-0.3, -0.25) is 4.79 Å². The average Bonchev–Trinajstić information content (AvgIpc) is 2.34. The van der Waals surface area contributed by atoms with Gasteiger partial charge in [0.05, 0.1) is 12.6 Å². The van der Waals surface area contributed by atoms with Gasteiger partial charge in [-0.2, -0.15) is 13.2 Å². The molecular formula is C13H16F3NO2S. The highest BCUT2D eigenvalue weighted by molar-refractivity contribution is 8.00. The van der Waals surface area contributed by atoms with Gasteiger partial charge in [0.1, 0.15) is 0 Å². The first-order chi connectivity index (χ1) is 9.23. The van der Waals surface area contributed by atoms with Crippen LogP contribution in [0.5, 0.6) is 0 Å². The molecule has 1 atom stereocenters. The van der Waals surface area contributed by atoms with Crippen LogP contribution in [-0.4, -0.2) is 29.2 Å². The summed E-state index contributed by atoms with van der Waals surface area (Å²) in [6, 6.07) is 4.77. The van der Waals surface area contributed by atoms with E-state index in [9.17, 15) is 18.0 Å². The number of hydrogen-bond acceptors (Lipinski definition) is 3. The monoisotopic (exact) mass is 307 g/mol. The maximum atomic E-state index is 12.2. The smallest absolute Gasteiger partial charge is 0.394 e. The molecule has 20 heavy (non-hydrogen) atoms. The quantitative estimate of drug-likeness (QED) is 0.822. The zero-order chi connectivity index (χ0) is 15.3. The molecule has 2 N–H and O–H groups in total. The van der Waals surface area contributed by atoms with Gasteiger partial charge in [-0.15, -0.1) is 0 Å². The molecule has 1 aromatic carbocycles. The standard InChI is InChI=1S/C13H16F3NO2S/c1-8(2)11(7-18)17-12(19)9-3-5-10(6-4-9)20-13(14,15)16/h3-6,8,11,18H,7H2,1-2H3,(H,17,19)/t11-/m1/s1. The highest BCUT2D eigenvalue weighted by Crippen LogP contribution is 2.36. The zero-order valence-electron chi connectivity index (χ0n) is 11.1. The largest absolute Gasteiger partial charge is 0.446 e. The third-order valence-electron chi connectivity index (χ3n) is 2.67. The highest BCUT2D eigenvalue weighted by Gasteiger charge is 2.29. The van der Waals surface area contributed by atoms with E-state index in [1.54, 1.807) is 0 Å². The fourth-order valence-corrected chi connectivity index (χ4v) is 2.02. The number of hydrogen-bond donors (Lipinski definition) is 2. The molecule has 3 nitrogen and oxygen atoms in total. The van der Waals surface area contributed by atoms with E-state index in [2.05, 4.69) is 5.32 Å². The number of carbonyl (C=O) groups is 1. The Labute approximate surface area is 119 Å². The minimum absolute atomic E-state index is 0.0246. The Morgan fingerprint density at radius 3 is 2.25 bits per heavy atom. The molecule has 0 saturated heterocycles. The number of alkyl halides is 3. The van der Waals surface area contributed by atoms with Gasteiger partial charge in [0.15, 0.2) is 0 Å². The van der Waals surface area contributed by atoms with Gasteiger partial charge in [-0.1, -0.05) is 13.8 Å². The van der Waals surface area contributed by atoms with E-state index < -0.39 is 11.4 Å². The second kappa shape index (κ2) is 6.99. The first-order valence-electron chi connectivity index (χ1n) is 6.00. The Hall–Kier alpha value is -1.21. The van der Waals surface area contributed by atoms with Gasteiger partial charge in [0.25, 0.3) is 5.91 Å². The van der Waals surface area contributed by atoms with Gasteiger partial charge < -0.3 is 10.4 Å². The maximum absolute atomic E-state index is 12.2. The van der Waals surface area contributed by atoms with E-state index in [0.29, 0.717) is 0 Å². The number of aliphatic hydroxyl groups is 1. The van der Waals surface area contributed by atoms with Gasteiger partial charge in [0.2, 0.25) is 0 Å². The summed E-state index contributed by atoms with van der Waals surface area (Å²) in [5.41, 5.74) is -4.08. The van der Waals surface area contributed by atoms with Crippen LogP contribution in [-0.2, 0) is 0 Å². The number of nitrogens with one attached hydrogen (secondary N) is 1. The van der Waals surface area contributed by atoms with Gasteiger partial charge in [-0.05, 0) is 41.9 Å². The molecule has 7 heteroatoms. The van der Waals surface area contributed by atoms with Crippen molar-refractivity contribution in [2.75, 3.05) is 6.61 Å². The molecule has 0 aromatic heterocycles. The van der Waals surface area contributed by atoms with E-state index >= 15 is 0 Å². The van der Waals surface area contributed by atoms with Gasteiger partial charge in [-0.25, -0.2) is 0 Å². The topological polar surface area (TPSA) is 49.3 Å². The summed E-state index contributed by atoms with van der Waals surface area (Å²) in [7, 11) is 0. The van der Waals surface area contributed by atoms with Crippen molar-refractivity contribution in [1.82, 2.24) is 5.32 Å². The van der Waals surface area contributed by atoms with Crippen LogP contribution in [0.15, 0.2) is 29.2 Å². The third-order valence-corrected chi connectivity index (χ3v) is 3.41. The van der Waals surface area contributed by atoms with E-state index in [1.807, 2.05) is 13.8 Å². The lowest BCUT2D eigenvalue weighted by Crippen LogP contribution is -2.41. The van der Waals surface area contributed by atoms with Crippen LogP contribution in [0, 0.1) is 5.92 Å². The summed E-state index contributed by atoms with van der Waals surface area (Å²) in [6.45, 7) is 3.51. The average molecular weight is 307 g/mol. The minimum atomic E-state index is -4.34. The van der Waals surface area contributed by atoms with Crippen LogP contribution < -0.4 is 5.32 Å². The van der Waals surface area contributed by atoms with Gasteiger partial charge in [0, 0.05) is 10.5 Å². The number of rotatable bonds is 5. The van der Waals surface area contributed by atoms with Crippen molar-refractivity contribution in [3.05, 3.63) is 29.8 Å². The molecule has 0 unspecified atom stereocenters.